The first-order valence-electron chi connectivity index (χ1n) is 5.27. The molecule has 1 aromatic carbocycles. The molecule has 0 saturated carbocycles. The quantitative estimate of drug-likeness (QED) is 0.837. The molecule has 0 radical (unpaired) electrons. The van der Waals surface area contributed by atoms with E-state index in [4.69, 9.17) is 5.73 Å². The van der Waals surface area contributed by atoms with Gasteiger partial charge in [0.2, 0.25) is 10.0 Å². The van der Waals surface area contributed by atoms with Crippen LogP contribution in [0.3, 0.4) is 0 Å². The van der Waals surface area contributed by atoms with Gasteiger partial charge in [-0.2, -0.15) is 0 Å². The number of hydrogen-bond acceptors (Lipinski definition) is 5. The molecular weight excluding hydrogens is 270 g/mol. The monoisotopic (exact) mass is 283 g/mol. The maximum Gasteiger partial charge on any atom is 0.243 e. The van der Waals surface area contributed by atoms with Crippen LogP contribution in [0.15, 0.2) is 40.7 Å². The van der Waals surface area contributed by atoms with Crippen molar-refractivity contribution < 1.29 is 8.42 Å². The molecule has 1 heterocycles. The van der Waals surface area contributed by atoms with Crippen molar-refractivity contribution in [2.75, 3.05) is 5.73 Å². The molecule has 0 saturated heterocycles. The molecule has 1 atom stereocenters. The summed E-state index contributed by atoms with van der Waals surface area (Å²) >= 11 is 1.40. The van der Waals surface area contributed by atoms with E-state index >= 15 is 0 Å². The zero-order valence-electron chi connectivity index (χ0n) is 9.70. The molecule has 5 nitrogen and oxygen atoms in total. The maximum absolute atomic E-state index is 12.1. The second kappa shape index (κ2) is 5.05. The Bertz CT molecular complexity index is 623. The van der Waals surface area contributed by atoms with Gasteiger partial charge in [-0.1, -0.05) is 12.1 Å². The summed E-state index contributed by atoms with van der Waals surface area (Å²) in [4.78, 5) is 4.17. The van der Waals surface area contributed by atoms with Crippen LogP contribution in [0.1, 0.15) is 18.0 Å². The fraction of sp³-hybridized carbons (Fsp3) is 0.182. The maximum atomic E-state index is 12.1. The Labute approximate surface area is 110 Å². The van der Waals surface area contributed by atoms with Gasteiger partial charge < -0.3 is 5.73 Å². The number of hydrogen-bond donors (Lipinski definition) is 2. The van der Waals surface area contributed by atoms with Crippen LogP contribution in [0.25, 0.3) is 0 Å². The summed E-state index contributed by atoms with van der Waals surface area (Å²) in [5.74, 6) is 0. The molecule has 0 bridgehead atoms. The van der Waals surface area contributed by atoms with Gasteiger partial charge in [0.25, 0.3) is 0 Å². The van der Waals surface area contributed by atoms with Crippen molar-refractivity contribution in [3.63, 3.8) is 0 Å². The molecule has 0 spiro atoms. The smallest absolute Gasteiger partial charge is 0.243 e. The molecule has 18 heavy (non-hydrogen) atoms. The van der Waals surface area contributed by atoms with E-state index in [2.05, 4.69) is 9.71 Å². The Hall–Kier alpha value is -1.44. The van der Waals surface area contributed by atoms with E-state index in [-0.39, 0.29) is 16.6 Å². The molecule has 2 aromatic rings. The number of benzene rings is 1. The molecule has 0 aliphatic carbocycles. The van der Waals surface area contributed by atoms with E-state index in [1.54, 1.807) is 36.7 Å². The highest BCUT2D eigenvalue weighted by molar-refractivity contribution is 7.89. The van der Waals surface area contributed by atoms with Crippen molar-refractivity contribution in [2.45, 2.75) is 17.9 Å². The molecule has 96 valence electrons. The van der Waals surface area contributed by atoms with Gasteiger partial charge in [-0.05, 0) is 19.1 Å². The van der Waals surface area contributed by atoms with Gasteiger partial charge in [0.05, 0.1) is 11.7 Å². The van der Waals surface area contributed by atoms with Crippen molar-refractivity contribution >= 4 is 27.0 Å². The van der Waals surface area contributed by atoms with E-state index in [1.807, 2.05) is 0 Å². The molecule has 7 heteroatoms. The molecule has 0 aliphatic heterocycles. The number of thiazole rings is 1. The minimum Gasteiger partial charge on any atom is -0.398 e. The third-order valence-electron chi connectivity index (χ3n) is 2.36. The Kier molecular flexibility index (Phi) is 3.65. The van der Waals surface area contributed by atoms with Crippen LogP contribution in [0.2, 0.25) is 0 Å². The minimum atomic E-state index is -3.62. The fourth-order valence-electron chi connectivity index (χ4n) is 1.52. The Balaban J connectivity index is 2.26. The molecule has 0 aliphatic rings. The Morgan fingerprint density at radius 2 is 2.11 bits per heavy atom. The van der Waals surface area contributed by atoms with Crippen LogP contribution in [0.5, 0.6) is 0 Å². The number of nitrogens with one attached hydrogen (secondary N) is 1. The predicted octanol–water partition coefficient (Wildman–Crippen LogP) is 1.76. The Morgan fingerprint density at radius 1 is 1.39 bits per heavy atom. The second-order valence-electron chi connectivity index (χ2n) is 3.75. The summed E-state index contributed by atoms with van der Waals surface area (Å²) in [6.07, 6.45) is 1.64. The summed E-state index contributed by atoms with van der Waals surface area (Å²) in [5.41, 5.74) is 5.90. The molecule has 1 aromatic heterocycles. The lowest BCUT2D eigenvalue weighted by Gasteiger charge is -2.13. The number of anilines is 1. The number of rotatable bonds is 4. The van der Waals surface area contributed by atoms with E-state index < -0.39 is 10.0 Å². The van der Waals surface area contributed by atoms with Crippen molar-refractivity contribution in [1.82, 2.24) is 9.71 Å². The van der Waals surface area contributed by atoms with Gasteiger partial charge in [-0.3, -0.25) is 0 Å². The fourth-order valence-corrected chi connectivity index (χ4v) is 3.58. The van der Waals surface area contributed by atoms with Gasteiger partial charge in [0.15, 0.2) is 0 Å². The number of nitrogens with two attached hydrogens (primary N) is 1. The lowest BCUT2D eigenvalue weighted by molar-refractivity contribution is 0.567. The molecule has 0 amide bonds. The zero-order valence-corrected chi connectivity index (χ0v) is 11.3. The highest BCUT2D eigenvalue weighted by Gasteiger charge is 2.21. The molecule has 1 unspecified atom stereocenters. The average Bonchev–Trinajstić information content (AvgIpc) is 2.82. The summed E-state index contributed by atoms with van der Waals surface area (Å²) in [7, 11) is -3.62. The number of para-hydroxylation sites is 1. The van der Waals surface area contributed by atoms with Gasteiger partial charge in [0, 0.05) is 11.6 Å². The van der Waals surface area contributed by atoms with Gasteiger partial charge in [-0.15, -0.1) is 11.3 Å². The van der Waals surface area contributed by atoms with Crippen molar-refractivity contribution in [1.29, 1.82) is 0 Å². The molecule has 3 N–H and O–H groups in total. The van der Waals surface area contributed by atoms with E-state index in [0.29, 0.717) is 5.01 Å². The van der Waals surface area contributed by atoms with Gasteiger partial charge in [0.1, 0.15) is 9.90 Å². The van der Waals surface area contributed by atoms with Crippen molar-refractivity contribution in [2.24, 2.45) is 0 Å². The highest BCUT2D eigenvalue weighted by atomic mass is 32.2. The number of nitrogen functional groups attached to an aromatic ring is 1. The third kappa shape index (κ3) is 2.69. The summed E-state index contributed by atoms with van der Waals surface area (Å²) < 4.78 is 26.8. The SMILES string of the molecule is CC(NS(=O)(=O)c1ccccc1N)c1nccs1. The number of nitrogens with zero attached hydrogens (tertiary/aromatic N) is 1. The number of aromatic nitrogens is 1. The topological polar surface area (TPSA) is 85.1 Å². The van der Waals surface area contributed by atoms with E-state index in [1.165, 1.54) is 17.4 Å². The standard InChI is InChI=1S/C11H13N3O2S2/c1-8(11-13-6-7-17-11)14-18(15,16)10-5-3-2-4-9(10)12/h2-8,14H,12H2,1H3. The Morgan fingerprint density at radius 3 is 2.72 bits per heavy atom. The number of sulfonamides is 1. The summed E-state index contributed by atoms with van der Waals surface area (Å²) in [6.45, 7) is 1.75. The lowest BCUT2D eigenvalue weighted by atomic mass is 10.3. The second-order valence-corrected chi connectivity index (χ2v) is 6.36. The normalized spacial score (nSPS) is 13.4. The molecule has 2 rings (SSSR count). The van der Waals surface area contributed by atoms with Crippen LogP contribution in [-0.4, -0.2) is 13.4 Å². The third-order valence-corrected chi connectivity index (χ3v) is 4.94. The largest absolute Gasteiger partial charge is 0.398 e. The molecular formula is C11H13N3O2S2. The lowest BCUT2D eigenvalue weighted by Crippen LogP contribution is -2.27. The van der Waals surface area contributed by atoms with Gasteiger partial charge >= 0.3 is 0 Å². The average molecular weight is 283 g/mol. The van der Waals surface area contributed by atoms with E-state index in [9.17, 15) is 8.42 Å². The van der Waals surface area contributed by atoms with E-state index in [0.717, 1.165) is 0 Å². The first-order chi connectivity index (χ1) is 8.50. The highest BCUT2D eigenvalue weighted by Crippen LogP contribution is 2.21. The van der Waals surface area contributed by atoms with Crippen LogP contribution in [-0.2, 0) is 10.0 Å². The van der Waals surface area contributed by atoms with Crippen LogP contribution >= 0.6 is 11.3 Å². The summed E-state index contributed by atoms with van der Waals surface area (Å²) in [6, 6.07) is 5.99. The van der Waals surface area contributed by atoms with Crippen LogP contribution < -0.4 is 10.5 Å². The minimum absolute atomic E-state index is 0.0911. The predicted molar refractivity (Wildman–Crippen MR) is 71.7 cm³/mol. The van der Waals surface area contributed by atoms with Crippen LogP contribution in [0, 0.1) is 0 Å². The van der Waals surface area contributed by atoms with Crippen molar-refractivity contribution in [3.8, 4) is 0 Å². The zero-order chi connectivity index (χ0) is 13.2. The first kappa shape index (κ1) is 13.0. The van der Waals surface area contributed by atoms with Gasteiger partial charge in [-0.25, -0.2) is 18.1 Å². The van der Waals surface area contributed by atoms with Crippen LogP contribution in [0.4, 0.5) is 5.69 Å². The first-order valence-corrected chi connectivity index (χ1v) is 7.63. The molecule has 0 fully saturated rings. The van der Waals surface area contributed by atoms with Crippen molar-refractivity contribution in [3.05, 3.63) is 40.8 Å². The summed E-state index contributed by atoms with van der Waals surface area (Å²) in [5, 5.41) is 2.52.